The second kappa shape index (κ2) is 15.4. The molecule has 0 radical (unpaired) electrons. The maximum atomic E-state index is 13.9. The van der Waals surface area contributed by atoms with Crippen LogP contribution in [0.3, 0.4) is 0 Å². The molecule has 3 aromatic rings. The number of amides is 1. The third-order valence-electron chi connectivity index (χ3n) is 8.45. The number of alkyl halides is 9. The van der Waals surface area contributed by atoms with E-state index in [9.17, 15) is 59.3 Å². The van der Waals surface area contributed by atoms with Gasteiger partial charge in [0.25, 0.3) is 0 Å². The number of carbonyl (C=O) groups is 2. The number of carboxylic acid groups (broad SMARTS) is 1. The molecule has 0 spiro atoms. The molecule has 54 heavy (non-hydrogen) atoms. The Kier molecular flexibility index (Phi) is 12.0. The molecule has 0 fully saturated rings. The Hall–Kier alpha value is -4.92. The molecule has 2 aromatic heterocycles. The van der Waals surface area contributed by atoms with Crippen LogP contribution in [0.25, 0.3) is 0 Å². The molecular formula is C33H34F9N5O7. The molecule has 12 nitrogen and oxygen atoms in total. The second-order valence-corrected chi connectivity index (χ2v) is 12.8. The first-order valence-electron chi connectivity index (χ1n) is 15.9. The molecule has 0 saturated carbocycles. The zero-order valence-electron chi connectivity index (χ0n) is 28.9. The molecule has 0 saturated heterocycles. The van der Waals surface area contributed by atoms with Crippen molar-refractivity contribution < 1.29 is 73.5 Å². The summed E-state index contributed by atoms with van der Waals surface area (Å²) in [6.07, 6.45) is -16.5. The summed E-state index contributed by atoms with van der Waals surface area (Å²) in [5.41, 5.74) is -9.14. The number of ether oxygens (including phenoxy) is 3. The number of halogens is 9. The third-order valence-corrected chi connectivity index (χ3v) is 8.45. The lowest BCUT2D eigenvalue weighted by molar-refractivity contribution is -0.149. The number of aliphatic hydroxyl groups is 1. The van der Waals surface area contributed by atoms with Crippen LogP contribution < -0.4 is 15.0 Å². The second-order valence-electron chi connectivity index (χ2n) is 12.8. The molecular weight excluding hydrogens is 749 g/mol. The van der Waals surface area contributed by atoms with Crippen molar-refractivity contribution in [2.75, 3.05) is 37.1 Å². The fraction of sp³-hybridized carbons (Fsp3) is 0.485. The van der Waals surface area contributed by atoms with Crippen LogP contribution in [0.15, 0.2) is 36.5 Å². The quantitative estimate of drug-likeness (QED) is 0.159. The van der Waals surface area contributed by atoms with E-state index in [1.165, 1.54) is 21.0 Å². The van der Waals surface area contributed by atoms with Crippen molar-refractivity contribution >= 4 is 23.7 Å². The standard InChI is InChI=1S/C33H34F9N5O7/c1-5-30(52-4)14-21(25-22(6-7-24(46-25)33(40,41)42)47(30)28(51)54-16-29(2,3)26(49)50)45-27-43-15-23(53-9-8-48)20(44-27)12-17-10-18(31(34,35)36)13-19(11-17)32(37,38)39/h6-7,10-11,13,15,21,48H,5,8-9,12,14,16H2,1-4H3,(H,49,50)(H,43,44,45)/t21-,30+/m0/s1. The van der Waals surface area contributed by atoms with Crippen molar-refractivity contribution in [1.82, 2.24) is 15.0 Å². The summed E-state index contributed by atoms with van der Waals surface area (Å²) in [4.78, 5) is 38.2. The first-order valence-corrected chi connectivity index (χ1v) is 15.9. The van der Waals surface area contributed by atoms with Crippen LogP contribution in [0, 0.1) is 5.41 Å². The SMILES string of the molecule is CC[C@@]1(OC)C[C@H](Nc2ncc(OCCO)c(Cc3cc(C(F)(F)F)cc(C(F)(F)F)c3)n2)c2nc(C(F)(F)F)ccc2N1C(=O)OCC(C)(C)C(=O)O. The average Bonchev–Trinajstić information content (AvgIpc) is 3.08. The molecule has 1 aliphatic rings. The lowest BCUT2D eigenvalue weighted by Crippen LogP contribution is -2.58. The van der Waals surface area contributed by atoms with Gasteiger partial charge in [-0.15, -0.1) is 0 Å². The summed E-state index contributed by atoms with van der Waals surface area (Å²) in [6, 6.07) is 1.16. The number of benzene rings is 1. The number of carboxylic acids is 1. The first-order chi connectivity index (χ1) is 25.0. The average molecular weight is 784 g/mol. The van der Waals surface area contributed by atoms with Crippen LogP contribution in [0.5, 0.6) is 5.75 Å². The number of rotatable bonds is 12. The molecule has 1 amide bonds. The van der Waals surface area contributed by atoms with Gasteiger partial charge in [0.15, 0.2) is 11.5 Å². The topological polar surface area (TPSA) is 156 Å². The largest absolute Gasteiger partial charge is 0.488 e. The third kappa shape index (κ3) is 9.23. The van der Waals surface area contributed by atoms with Crippen LogP contribution in [-0.2, 0) is 39.2 Å². The number of nitrogens with zero attached hydrogens (tertiary/aromatic N) is 4. The highest BCUT2D eigenvalue weighted by Crippen LogP contribution is 2.47. The summed E-state index contributed by atoms with van der Waals surface area (Å²) in [7, 11) is 1.21. The van der Waals surface area contributed by atoms with Crippen LogP contribution in [-0.4, -0.2) is 69.9 Å². The molecule has 1 aromatic carbocycles. The predicted octanol–water partition coefficient (Wildman–Crippen LogP) is 7.25. The zero-order chi connectivity index (χ0) is 40.4. The molecule has 21 heteroatoms. The predicted molar refractivity (Wildman–Crippen MR) is 169 cm³/mol. The smallest absolute Gasteiger partial charge is 0.433 e. The Labute approximate surface area is 301 Å². The number of nitrogens with one attached hydrogen (secondary N) is 1. The van der Waals surface area contributed by atoms with Gasteiger partial charge in [-0.1, -0.05) is 6.92 Å². The summed E-state index contributed by atoms with van der Waals surface area (Å²) in [5.74, 6) is -1.93. The fourth-order valence-electron chi connectivity index (χ4n) is 5.52. The number of anilines is 2. The molecule has 4 rings (SSSR count). The maximum Gasteiger partial charge on any atom is 0.433 e. The Morgan fingerprint density at radius 2 is 1.61 bits per heavy atom. The molecule has 0 aliphatic carbocycles. The van der Waals surface area contributed by atoms with E-state index in [0.717, 1.165) is 17.2 Å². The van der Waals surface area contributed by atoms with Gasteiger partial charge in [0.1, 0.15) is 18.9 Å². The van der Waals surface area contributed by atoms with Crippen LogP contribution in [0.2, 0.25) is 0 Å². The number of hydrogen-bond acceptors (Lipinski definition) is 10. The van der Waals surface area contributed by atoms with Crippen molar-refractivity contribution in [3.05, 3.63) is 70.3 Å². The molecule has 3 heterocycles. The van der Waals surface area contributed by atoms with Crippen LogP contribution >= 0.6 is 0 Å². The summed E-state index contributed by atoms with van der Waals surface area (Å²) >= 11 is 0. The molecule has 0 bridgehead atoms. The number of pyridine rings is 1. The molecule has 2 atom stereocenters. The number of aliphatic hydroxyl groups excluding tert-OH is 1. The summed E-state index contributed by atoms with van der Waals surface area (Å²) < 4.78 is 140. The van der Waals surface area contributed by atoms with Gasteiger partial charge in [0.2, 0.25) is 5.95 Å². The molecule has 1 aliphatic heterocycles. The van der Waals surface area contributed by atoms with Gasteiger partial charge in [0.05, 0.1) is 52.5 Å². The maximum absolute atomic E-state index is 13.9. The Bertz CT molecular complexity index is 1820. The van der Waals surface area contributed by atoms with Gasteiger partial charge in [0, 0.05) is 20.0 Å². The Morgan fingerprint density at radius 3 is 2.13 bits per heavy atom. The number of carbonyl (C=O) groups excluding carboxylic acids is 1. The van der Waals surface area contributed by atoms with Gasteiger partial charge in [-0.25, -0.2) is 24.6 Å². The van der Waals surface area contributed by atoms with Crippen LogP contribution in [0.4, 0.5) is 55.9 Å². The monoisotopic (exact) mass is 783 g/mol. The van der Waals surface area contributed by atoms with E-state index in [1.54, 1.807) is 6.92 Å². The molecule has 296 valence electrons. The van der Waals surface area contributed by atoms with E-state index in [1.807, 2.05) is 0 Å². The first kappa shape index (κ1) is 41.8. The van der Waals surface area contributed by atoms with E-state index in [2.05, 4.69) is 20.3 Å². The minimum atomic E-state index is -5.15. The van der Waals surface area contributed by atoms with E-state index in [4.69, 9.17) is 14.2 Å². The van der Waals surface area contributed by atoms with Crippen LogP contribution in [0.1, 0.15) is 73.4 Å². The highest BCUT2D eigenvalue weighted by Gasteiger charge is 2.50. The molecule has 3 N–H and O–H groups in total. The van der Waals surface area contributed by atoms with Gasteiger partial charge in [-0.05, 0) is 56.2 Å². The van der Waals surface area contributed by atoms with Crippen molar-refractivity contribution in [3.8, 4) is 5.75 Å². The lowest BCUT2D eigenvalue weighted by atomic mass is 9.89. The fourth-order valence-corrected chi connectivity index (χ4v) is 5.52. The number of fused-ring (bicyclic) bond motifs is 1. The summed E-state index contributed by atoms with van der Waals surface area (Å²) in [6.45, 7) is 2.59. The van der Waals surface area contributed by atoms with E-state index in [0.29, 0.717) is 18.2 Å². The number of aromatic nitrogens is 3. The Morgan fingerprint density at radius 1 is 0.981 bits per heavy atom. The van der Waals surface area contributed by atoms with E-state index >= 15 is 0 Å². The van der Waals surface area contributed by atoms with Crippen molar-refractivity contribution in [3.63, 3.8) is 0 Å². The lowest BCUT2D eigenvalue weighted by Gasteiger charge is -2.47. The minimum Gasteiger partial charge on any atom is -0.488 e. The van der Waals surface area contributed by atoms with E-state index < -0.39 is 89.8 Å². The minimum absolute atomic E-state index is 0.0172. The van der Waals surface area contributed by atoms with Crippen molar-refractivity contribution in [1.29, 1.82) is 0 Å². The molecule has 0 unspecified atom stereocenters. The van der Waals surface area contributed by atoms with E-state index in [-0.39, 0.29) is 54.3 Å². The highest BCUT2D eigenvalue weighted by molar-refractivity contribution is 5.91. The number of aliphatic carboxylic acids is 1. The number of hydrogen-bond donors (Lipinski definition) is 3. The van der Waals surface area contributed by atoms with Gasteiger partial charge in [-0.3, -0.25) is 4.79 Å². The Balaban J connectivity index is 1.83. The normalized spacial score (nSPS) is 17.9. The zero-order valence-corrected chi connectivity index (χ0v) is 28.9. The highest BCUT2D eigenvalue weighted by atomic mass is 19.4. The van der Waals surface area contributed by atoms with Crippen molar-refractivity contribution in [2.24, 2.45) is 5.41 Å². The summed E-state index contributed by atoms with van der Waals surface area (Å²) in [5, 5.41) is 21.5. The van der Waals surface area contributed by atoms with Crippen molar-refractivity contribution in [2.45, 2.75) is 70.3 Å². The number of methoxy groups -OCH3 is 1. The van der Waals surface area contributed by atoms with Gasteiger partial charge >= 0.3 is 30.6 Å². The van der Waals surface area contributed by atoms with Gasteiger partial charge in [-0.2, -0.15) is 39.5 Å². The van der Waals surface area contributed by atoms with Gasteiger partial charge < -0.3 is 29.7 Å².